The summed E-state index contributed by atoms with van der Waals surface area (Å²) in [6.45, 7) is 5.14. The van der Waals surface area contributed by atoms with Gasteiger partial charge in [0.05, 0.1) is 5.56 Å². The maximum absolute atomic E-state index is 10.8. The average molecular weight is 262 g/mol. The molecule has 1 fully saturated rings. The predicted molar refractivity (Wildman–Crippen MR) is 75.1 cm³/mol. The van der Waals surface area contributed by atoms with Crippen LogP contribution in [0.15, 0.2) is 24.3 Å². The molecule has 3 N–H and O–H groups in total. The molecule has 0 aromatic heterocycles. The van der Waals surface area contributed by atoms with Gasteiger partial charge in [-0.1, -0.05) is 12.1 Å². The third kappa shape index (κ3) is 3.78. The van der Waals surface area contributed by atoms with Crippen molar-refractivity contribution in [2.24, 2.45) is 11.7 Å². The Morgan fingerprint density at radius 1 is 1.37 bits per heavy atom. The Morgan fingerprint density at radius 2 is 1.95 bits per heavy atom. The van der Waals surface area contributed by atoms with E-state index in [1.807, 2.05) is 12.1 Å². The van der Waals surface area contributed by atoms with Crippen molar-refractivity contribution in [1.29, 1.82) is 0 Å². The van der Waals surface area contributed by atoms with Crippen molar-refractivity contribution in [3.05, 3.63) is 35.4 Å². The quantitative estimate of drug-likeness (QED) is 0.870. The Hall–Kier alpha value is -1.39. The van der Waals surface area contributed by atoms with Crippen LogP contribution in [0, 0.1) is 5.92 Å². The zero-order valence-corrected chi connectivity index (χ0v) is 11.4. The third-order valence-corrected chi connectivity index (χ3v) is 3.98. The van der Waals surface area contributed by atoms with Crippen LogP contribution in [0.2, 0.25) is 0 Å². The van der Waals surface area contributed by atoms with Crippen LogP contribution in [-0.4, -0.2) is 35.1 Å². The molecule has 0 radical (unpaired) electrons. The van der Waals surface area contributed by atoms with Crippen molar-refractivity contribution in [3.63, 3.8) is 0 Å². The van der Waals surface area contributed by atoms with Crippen molar-refractivity contribution in [2.45, 2.75) is 32.4 Å². The lowest BCUT2D eigenvalue weighted by atomic mass is 9.91. The smallest absolute Gasteiger partial charge is 0.335 e. The van der Waals surface area contributed by atoms with Crippen LogP contribution < -0.4 is 5.73 Å². The first-order valence-electron chi connectivity index (χ1n) is 6.86. The Balaban J connectivity index is 1.87. The highest BCUT2D eigenvalue weighted by molar-refractivity contribution is 5.87. The van der Waals surface area contributed by atoms with Crippen molar-refractivity contribution >= 4 is 5.97 Å². The van der Waals surface area contributed by atoms with Crippen molar-refractivity contribution in [2.75, 3.05) is 13.1 Å². The number of hydrogen-bond donors (Lipinski definition) is 2. The lowest BCUT2D eigenvalue weighted by Gasteiger charge is -2.33. The summed E-state index contributed by atoms with van der Waals surface area (Å²) in [7, 11) is 0. The zero-order valence-electron chi connectivity index (χ0n) is 11.4. The topological polar surface area (TPSA) is 66.6 Å². The van der Waals surface area contributed by atoms with Gasteiger partial charge in [0, 0.05) is 12.6 Å². The van der Waals surface area contributed by atoms with Crippen LogP contribution in [0.1, 0.15) is 35.7 Å². The molecule has 0 bridgehead atoms. The fourth-order valence-corrected chi connectivity index (χ4v) is 2.65. The fraction of sp³-hybridized carbons (Fsp3) is 0.533. The molecule has 1 aromatic rings. The molecular formula is C15H22N2O2. The summed E-state index contributed by atoms with van der Waals surface area (Å²) in [4.78, 5) is 13.2. The van der Waals surface area contributed by atoms with E-state index in [0.29, 0.717) is 11.5 Å². The molecule has 0 aliphatic carbocycles. The molecule has 0 amide bonds. The zero-order chi connectivity index (χ0) is 13.8. The number of nitrogens with two attached hydrogens (primary N) is 1. The lowest BCUT2D eigenvalue weighted by molar-refractivity contribution is 0.0697. The van der Waals surface area contributed by atoms with Gasteiger partial charge in [0.15, 0.2) is 0 Å². The summed E-state index contributed by atoms with van der Waals surface area (Å²) in [6.07, 6.45) is 2.32. The molecule has 19 heavy (non-hydrogen) atoms. The summed E-state index contributed by atoms with van der Waals surface area (Å²) in [5, 5.41) is 8.86. The van der Waals surface area contributed by atoms with Gasteiger partial charge in [-0.2, -0.15) is 0 Å². The summed E-state index contributed by atoms with van der Waals surface area (Å²) in [5.74, 6) is -0.227. The third-order valence-electron chi connectivity index (χ3n) is 3.98. The van der Waals surface area contributed by atoms with Gasteiger partial charge in [-0.15, -0.1) is 0 Å². The maximum atomic E-state index is 10.8. The molecule has 0 spiro atoms. The molecule has 0 saturated carbocycles. The van der Waals surface area contributed by atoms with Crippen molar-refractivity contribution in [3.8, 4) is 0 Å². The van der Waals surface area contributed by atoms with Crippen molar-refractivity contribution < 1.29 is 9.90 Å². The van der Waals surface area contributed by atoms with E-state index in [-0.39, 0.29) is 6.04 Å². The number of hydrogen-bond acceptors (Lipinski definition) is 3. The minimum absolute atomic E-state index is 0.289. The molecule has 1 unspecified atom stereocenters. The summed E-state index contributed by atoms with van der Waals surface area (Å²) < 4.78 is 0. The SMILES string of the molecule is CC(N)C1CCN(Cc2ccc(C(=O)O)cc2)CC1. The van der Waals surface area contributed by atoms with E-state index >= 15 is 0 Å². The highest BCUT2D eigenvalue weighted by Crippen LogP contribution is 2.21. The lowest BCUT2D eigenvalue weighted by Crippen LogP contribution is -2.39. The molecule has 4 nitrogen and oxygen atoms in total. The van der Waals surface area contributed by atoms with E-state index in [1.165, 1.54) is 5.56 Å². The predicted octanol–water partition coefficient (Wildman–Crippen LogP) is 1.94. The monoisotopic (exact) mass is 262 g/mol. The molecule has 1 saturated heterocycles. The Morgan fingerprint density at radius 3 is 2.42 bits per heavy atom. The Bertz CT molecular complexity index is 420. The molecule has 1 aromatic carbocycles. The second kappa shape index (κ2) is 6.17. The first-order chi connectivity index (χ1) is 9.06. The van der Waals surface area contributed by atoms with E-state index in [2.05, 4.69) is 11.8 Å². The van der Waals surface area contributed by atoms with Gasteiger partial charge in [-0.05, 0) is 56.5 Å². The number of benzene rings is 1. The Labute approximate surface area is 114 Å². The largest absolute Gasteiger partial charge is 0.478 e. The number of likely N-dealkylation sites (tertiary alicyclic amines) is 1. The number of carbonyl (C=O) groups is 1. The van der Waals surface area contributed by atoms with Crippen LogP contribution >= 0.6 is 0 Å². The number of carboxylic acid groups (broad SMARTS) is 1. The molecule has 1 heterocycles. The molecule has 1 atom stereocenters. The molecule has 2 rings (SSSR count). The molecule has 1 aliphatic heterocycles. The normalized spacial score (nSPS) is 19.3. The first-order valence-corrected chi connectivity index (χ1v) is 6.86. The second-order valence-corrected chi connectivity index (χ2v) is 5.47. The van der Waals surface area contributed by atoms with Crippen LogP contribution in [0.25, 0.3) is 0 Å². The van der Waals surface area contributed by atoms with Crippen LogP contribution in [0.3, 0.4) is 0 Å². The van der Waals surface area contributed by atoms with E-state index in [9.17, 15) is 4.79 Å². The second-order valence-electron chi connectivity index (χ2n) is 5.47. The van der Waals surface area contributed by atoms with E-state index in [1.54, 1.807) is 12.1 Å². The van der Waals surface area contributed by atoms with Gasteiger partial charge in [0.1, 0.15) is 0 Å². The minimum Gasteiger partial charge on any atom is -0.478 e. The molecular weight excluding hydrogens is 240 g/mol. The number of carboxylic acids is 1. The summed E-state index contributed by atoms with van der Waals surface area (Å²) in [6, 6.07) is 7.44. The standard InChI is InChI=1S/C15H22N2O2/c1-11(16)13-6-8-17(9-7-13)10-12-2-4-14(5-3-12)15(18)19/h2-5,11,13H,6-10,16H2,1H3,(H,18,19). The number of nitrogens with zero attached hydrogens (tertiary/aromatic N) is 1. The molecule has 4 heteroatoms. The van der Waals surface area contributed by atoms with E-state index in [0.717, 1.165) is 32.5 Å². The van der Waals surface area contributed by atoms with Gasteiger partial charge in [0.25, 0.3) is 0 Å². The Kier molecular flexibility index (Phi) is 4.56. The van der Waals surface area contributed by atoms with Gasteiger partial charge in [-0.3, -0.25) is 4.90 Å². The number of aromatic carboxylic acids is 1. The highest BCUT2D eigenvalue weighted by Gasteiger charge is 2.21. The van der Waals surface area contributed by atoms with Crippen molar-refractivity contribution in [1.82, 2.24) is 4.90 Å². The van der Waals surface area contributed by atoms with Crippen LogP contribution in [0.4, 0.5) is 0 Å². The first kappa shape index (κ1) is 14.0. The molecule has 104 valence electrons. The van der Waals surface area contributed by atoms with Crippen LogP contribution in [0.5, 0.6) is 0 Å². The summed E-state index contributed by atoms with van der Waals surface area (Å²) in [5.41, 5.74) is 7.45. The fourth-order valence-electron chi connectivity index (χ4n) is 2.65. The maximum Gasteiger partial charge on any atom is 0.335 e. The highest BCUT2D eigenvalue weighted by atomic mass is 16.4. The van der Waals surface area contributed by atoms with Gasteiger partial charge < -0.3 is 10.8 Å². The van der Waals surface area contributed by atoms with Crippen LogP contribution in [-0.2, 0) is 6.54 Å². The van der Waals surface area contributed by atoms with E-state index < -0.39 is 5.97 Å². The van der Waals surface area contributed by atoms with E-state index in [4.69, 9.17) is 10.8 Å². The van der Waals surface area contributed by atoms with Gasteiger partial charge in [0.2, 0.25) is 0 Å². The minimum atomic E-state index is -0.871. The number of piperidine rings is 1. The average Bonchev–Trinajstić information content (AvgIpc) is 2.40. The van der Waals surface area contributed by atoms with Gasteiger partial charge in [-0.25, -0.2) is 4.79 Å². The van der Waals surface area contributed by atoms with Gasteiger partial charge >= 0.3 is 5.97 Å². The summed E-state index contributed by atoms with van der Waals surface area (Å²) >= 11 is 0. The number of rotatable bonds is 4. The molecule has 1 aliphatic rings.